The van der Waals surface area contributed by atoms with Crippen molar-refractivity contribution in [2.45, 2.75) is 59.3 Å². The lowest BCUT2D eigenvalue weighted by molar-refractivity contribution is -0.919. The van der Waals surface area contributed by atoms with Crippen LogP contribution in [0, 0.1) is 23.2 Å². The maximum absolute atomic E-state index is 6.11. The number of ether oxygens (including phenoxy) is 1. The fraction of sp³-hybridized carbons (Fsp3) is 0.818. The molecule has 0 amide bonds. The number of likely N-dealkylation sites (N-methyl/N-ethyl adjacent to an activating group) is 1. The molecule has 0 aromatic rings. The summed E-state index contributed by atoms with van der Waals surface area (Å²) in [6.45, 7) is 11.7. The Balaban J connectivity index is 1.43. The number of fused-ring (bicyclic) bond motifs is 1. The van der Waals surface area contributed by atoms with E-state index >= 15 is 0 Å². The van der Waals surface area contributed by atoms with Crippen LogP contribution in [0.25, 0.3) is 0 Å². The molecule has 136 valence electrons. The maximum Gasteiger partial charge on any atom is 0.137 e. The van der Waals surface area contributed by atoms with E-state index in [-0.39, 0.29) is 0 Å². The number of piperidine rings is 1. The largest absolute Gasteiger partial charge is 0.488 e. The molecular weight excluding hydrogens is 294 g/mol. The molecule has 1 aliphatic heterocycles. The molecular formula is C22H38NO+. The fourth-order valence-electron chi connectivity index (χ4n) is 4.98. The predicted octanol–water partition coefficient (Wildman–Crippen LogP) is 5.17. The minimum Gasteiger partial charge on any atom is -0.488 e. The van der Waals surface area contributed by atoms with Crippen molar-refractivity contribution in [2.24, 2.45) is 23.2 Å². The first-order chi connectivity index (χ1) is 11.4. The number of allylic oxidation sites excluding steroid dienone is 3. The Kier molecular flexibility index (Phi) is 5.44. The third-order valence-corrected chi connectivity index (χ3v) is 6.86. The van der Waals surface area contributed by atoms with Crippen LogP contribution < -0.4 is 0 Å². The van der Waals surface area contributed by atoms with E-state index in [4.69, 9.17) is 4.74 Å². The van der Waals surface area contributed by atoms with Crippen molar-refractivity contribution in [1.82, 2.24) is 0 Å². The van der Waals surface area contributed by atoms with E-state index in [0.29, 0.717) is 11.3 Å². The van der Waals surface area contributed by atoms with Gasteiger partial charge in [-0.05, 0) is 55.1 Å². The molecule has 2 aliphatic carbocycles. The van der Waals surface area contributed by atoms with Gasteiger partial charge in [0, 0.05) is 5.92 Å². The Morgan fingerprint density at radius 2 is 1.88 bits per heavy atom. The normalized spacial score (nSPS) is 36.8. The van der Waals surface area contributed by atoms with Gasteiger partial charge in [0.15, 0.2) is 0 Å². The Morgan fingerprint density at radius 3 is 2.54 bits per heavy atom. The highest BCUT2D eigenvalue weighted by Crippen LogP contribution is 2.38. The number of hydrogen-bond acceptors (Lipinski definition) is 1. The lowest BCUT2D eigenvalue weighted by Gasteiger charge is -2.46. The van der Waals surface area contributed by atoms with Crippen LogP contribution in [0.15, 0.2) is 24.0 Å². The Labute approximate surface area is 149 Å². The van der Waals surface area contributed by atoms with Crippen LogP contribution in [0.3, 0.4) is 0 Å². The molecule has 1 heterocycles. The van der Waals surface area contributed by atoms with Gasteiger partial charge in [-0.2, -0.15) is 0 Å². The molecule has 0 radical (unpaired) electrons. The molecule has 1 saturated carbocycles. The number of quaternary nitrogens is 1. The van der Waals surface area contributed by atoms with Crippen LogP contribution >= 0.6 is 0 Å². The van der Waals surface area contributed by atoms with Gasteiger partial charge in [-0.3, -0.25) is 0 Å². The summed E-state index contributed by atoms with van der Waals surface area (Å²) >= 11 is 0. The topological polar surface area (TPSA) is 9.23 Å². The highest BCUT2D eigenvalue weighted by atomic mass is 16.5. The van der Waals surface area contributed by atoms with Gasteiger partial charge in [0.1, 0.15) is 18.9 Å². The van der Waals surface area contributed by atoms with Crippen molar-refractivity contribution in [3.63, 3.8) is 0 Å². The quantitative estimate of drug-likeness (QED) is 0.646. The Hall–Kier alpha value is -0.760. The van der Waals surface area contributed by atoms with Gasteiger partial charge in [0.25, 0.3) is 0 Å². The molecule has 2 nitrogen and oxygen atoms in total. The molecule has 24 heavy (non-hydrogen) atoms. The van der Waals surface area contributed by atoms with E-state index in [0.717, 1.165) is 37.2 Å². The zero-order valence-corrected chi connectivity index (χ0v) is 16.4. The zero-order valence-electron chi connectivity index (χ0n) is 16.4. The van der Waals surface area contributed by atoms with Crippen molar-refractivity contribution in [3.05, 3.63) is 24.0 Å². The van der Waals surface area contributed by atoms with E-state index in [9.17, 15) is 0 Å². The number of rotatable bonds is 4. The Bertz CT molecular complexity index is 487. The summed E-state index contributed by atoms with van der Waals surface area (Å²) in [7, 11) is 2.45. The molecule has 2 heteroatoms. The molecule has 4 unspecified atom stereocenters. The summed E-state index contributed by atoms with van der Waals surface area (Å²) in [6, 6.07) is 0. The first-order valence-corrected chi connectivity index (χ1v) is 10.2. The van der Waals surface area contributed by atoms with E-state index < -0.39 is 0 Å². The molecule has 0 aromatic carbocycles. The molecule has 4 atom stereocenters. The number of nitrogens with zero attached hydrogens (tertiary/aromatic N) is 1. The van der Waals surface area contributed by atoms with Gasteiger partial charge in [-0.15, -0.1) is 0 Å². The average Bonchev–Trinajstić information content (AvgIpc) is 2.54. The van der Waals surface area contributed by atoms with Crippen LogP contribution in [0.1, 0.15) is 59.3 Å². The smallest absolute Gasteiger partial charge is 0.137 e. The molecule has 0 spiro atoms. The molecule has 2 fully saturated rings. The highest BCUT2D eigenvalue weighted by molar-refractivity contribution is 5.19. The average molecular weight is 333 g/mol. The summed E-state index contributed by atoms with van der Waals surface area (Å²) < 4.78 is 7.33. The van der Waals surface area contributed by atoms with E-state index in [2.05, 4.69) is 46.0 Å². The molecule has 0 N–H and O–H groups in total. The minimum atomic E-state index is 0.349. The van der Waals surface area contributed by atoms with E-state index in [1.165, 1.54) is 49.7 Å². The van der Waals surface area contributed by atoms with Gasteiger partial charge < -0.3 is 9.22 Å². The predicted molar refractivity (Wildman–Crippen MR) is 102 cm³/mol. The number of likely N-dealkylation sites (tertiary alicyclic amines) is 1. The van der Waals surface area contributed by atoms with Gasteiger partial charge in [0.2, 0.25) is 0 Å². The first kappa shape index (κ1) is 18.0. The summed E-state index contributed by atoms with van der Waals surface area (Å²) in [5, 5.41) is 0. The van der Waals surface area contributed by atoms with Crippen molar-refractivity contribution < 1.29 is 9.22 Å². The van der Waals surface area contributed by atoms with Crippen LogP contribution in [0.5, 0.6) is 0 Å². The molecule has 3 aliphatic rings. The lowest BCUT2D eigenvalue weighted by Crippen LogP contribution is -2.55. The van der Waals surface area contributed by atoms with Crippen LogP contribution in [0.4, 0.5) is 0 Å². The van der Waals surface area contributed by atoms with Gasteiger partial charge in [-0.1, -0.05) is 39.7 Å². The van der Waals surface area contributed by atoms with Crippen molar-refractivity contribution in [2.75, 3.05) is 33.3 Å². The second-order valence-electron chi connectivity index (χ2n) is 9.86. The van der Waals surface area contributed by atoms with Crippen molar-refractivity contribution >= 4 is 0 Å². The van der Waals surface area contributed by atoms with E-state index in [1.54, 1.807) is 0 Å². The molecule has 0 aromatic heterocycles. The summed E-state index contributed by atoms with van der Waals surface area (Å²) in [6.07, 6.45) is 15.3. The van der Waals surface area contributed by atoms with Crippen molar-refractivity contribution in [3.8, 4) is 0 Å². The van der Waals surface area contributed by atoms with Gasteiger partial charge in [-0.25, -0.2) is 0 Å². The fourth-order valence-corrected chi connectivity index (χ4v) is 4.98. The molecule has 0 bridgehead atoms. The maximum atomic E-state index is 6.11. The van der Waals surface area contributed by atoms with Crippen LogP contribution in [0.2, 0.25) is 0 Å². The third-order valence-electron chi connectivity index (χ3n) is 6.86. The first-order valence-electron chi connectivity index (χ1n) is 10.2. The second kappa shape index (κ2) is 7.23. The standard InChI is InChI=1S/C22H38NO/c1-22(2,3)20-9-11-21(12-10-20)24-16-15-23(4)14-13-18-7-5-6-8-19(18)17-23/h9,11-12,18-20H,5-8,10,13-17H2,1-4H3/q+1. The van der Waals surface area contributed by atoms with Crippen molar-refractivity contribution in [1.29, 1.82) is 0 Å². The molecule has 1 saturated heterocycles. The third kappa shape index (κ3) is 4.45. The highest BCUT2D eigenvalue weighted by Gasteiger charge is 2.38. The van der Waals surface area contributed by atoms with E-state index in [1.807, 2.05) is 0 Å². The summed E-state index contributed by atoms with van der Waals surface area (Å²) in [5.74, 6) is 3.75. The molecule has 3 rings (SSSR count). The zero-order chi connectivity index (χ0) is 17.2. The lowest BCUT2D eigenvalue weighted by atomic mass is 9.74. The van der Waals surface area contributed by atoms with Gasteiger partial charge >= 0.3 is 0 Å². The monoisotopic (exact) mass is 332 g/mol. The summed E-state index contributed by atoms with van der Waals surface area (Å²) in [5.41, 5.74) is 0.349. The van der Waals surface area contributed by atoms with Gasteiger partial charge in [0.05, 0.1) is 20.1 Å². The minimum absolute atomic E-state index is 0.349. The Morgan fingerprint density at radius 1 is 1.12 bits per heavy atom. The number of hydrogen-bond donors (Lipinski definition) is 0. The summed E-state index contributed by atoms with van der Waals surface area (Å²) in [4.78, 5) is 0. The SMILES string of the molecule is CC(C)(C)C1C=CC(OCC[N+]2(C)CCC3CCCCC3C2)=CC1. The van der Waals surface area contributed by atoms with Crippen LogP contribution in [-0.4, -0.2) is 37.8 Å². The van der Waals surface area contributed by atoms with Crippen LogP contribution in [-0.2, 0) is 4.74 Å². The second-order valence-corrected chi connectivity index (χ2v) is 9.86.